The van der Waals surface area contributed by atoms with E-state index in [0.29, 0.717) is 5.92 Å². The summed E-state index contributed by atoms with van der Waals surface area (Å²) < 4.78 is 2.11. The Hall–Kier alpha value is -1.61. The van der Waals surface area contributed by atoms with Crippen LogP contribution in [-0.2, 0) is 6.54 Å². The predicted molar refractivity (Wildman–Crippen MR) is 81.7 cm³/mol. The van der Waals surface area contributed by atoms with Crippen LogP contribution >= 0.6 is 0 Å². The van der Waals surface area contributed by atoms with Gasteiger partial charge < -0.3 is 5.73 Å². The van der Waals surface area contributed by atoms with Crippen molar-refractivity contribution in [3.63, 3.8) is 0 Å². The van der Waals surface area contributed by atoms with Gasteiger partial charge in [0.05, 0.1) is 12.2 Å². The number of aromatic nitrogens is 2. The summed E-state index contributed by atoms with van der Waals surface area (Å²) in [6.45, 7) is 9.59. The topological polar surface area (TPSA) is 43.8 Å². The van der Waals surface area contributed by atoms with Gasteiger partial charge in [0.1, 0.15) is 0 Å². The molecule has 2 aromatic rings. The molecule has 1 aromatic heterocycles. The van der Waals surface area contributed by atoms with Crippen molar-refractivity contribution in [2.75, 3.05) is 0 Å². The summed E-state index contributed by atoms with van der Waals surface area (Å²) >= 11 is 0. The summed E-state index contributed by atoms with van der Waals surface area (Å²) in [5, 5.41) is 4.73. The van der Waals surface area contributed by atoms with Crippen LogP contribution in [0, 0.1) is 19.3 Å². The smallest absolute Gasteiger partial charge is 0.0662 e. The maximum absolute atomic E-state index is 6.24. The number of hydrogen-bond donors (Lipinski definition) is 1. The Balaban J connectivity index is 1.92. The molecule has 0 unspecified atom stereocenters. The van der Waals surface area contributed by atoms with Gasteiger partial charge in [-0.3, -0.25) is 4.68 Å². The third kappa shape index (κ3) is 1.97. The number of nitrogens with zero attached hydrogens (tertiary/aromatic N) is 2. The fraction of sp³-hybridized carbons (Fsp3) is 0.471. The molecular weight excluding hydrogens is 246 g/mol. The van der Waals surface area contributed by atoms with E-state index in [1.165, 1.54) is 16.8 Å². The lowest BCUT2D eigenvalue weighted by Crippen LogP contribution is -2.07. The van der Waals surface area contributed by atoms with Crippen molar-refractivity contribution >= 4 is 0 Å². The van der Waals surface area contributed by atoms with Gasteiger partial charge >= 0.3 is 0 Å². The Morgan fingerprint density at radius 2 is 1.80 bits per heavy atom. The van der Waals surface area contributed by atoms with E-state index in [1.54, 1.807) is 0 Å². The number of hydrogen-bond acceptors (Lipinski definition) is 2. The molecule has 20 heavy (non-hydrogen) atoms. The minimum absolute atomic E-state index is 0.204. The zero-order valence-corrected chi connectivity index (χ0v) is 12.7. The highest BCUT2D eigenvalue weighted by atomic mass is 15.3. The molecule has 0 bridgehead atoms. The number of nitrogens with two attached hydrogens (primary N) is 1. The van der Waals surface area contributed by atoms with Gasteiger partial charge in [-0.05, 0) is 24.8 Å². The van der Waals surface area contributed by atoms with Crippen LogP contribution in [0.1, 0.15) is 42.3 Å². The second-order valence-electron chi connectivity index (χ2n) is 6.55. The average molecular weight is 269 g/mol. The number of benzene rings is 1. The lowest BCUT2D eigenvalue weighted by Gasteiger charge is -2.06. The standard InChI is InChI=1S/C17H23N3/c1-11-14(15-16(18)17(15,3)4)12(2)20(19-11)10-13-8-6-5-7-9-13/h5-9,15-16H,10,18H2,1-4H3/t15-,16-/m1/s1. The quantitative estimate of drug-likeness (QED) is 0.931. The molecule has 3 heteroatoms. The summed E-state index contributed by atoms with van der Waals surface area (Å²) in [6.07, 6.45) is 0. The van der Waals surface area contributed by atoms with Gasteiger partial charge in [-0.25, -0.2) is 0 Å². The van der Waals surface area contributed by atoms with E-state index >= 15 is 0 Å². The lowest BCUT2D eigenvalue weighted by molar-refractivity contribution is 0.597. The third-order valence-electron chi connectivity index (χ3n) is 4.83. The largest absolute Gasteiger partial charge is 0.327 e. The molecule has 0 saturated heterocycles. The van der Waals surface area contributed by atoms with Crippen LogP contribution in [0.25, 0.3) is 0 Å². The van der Waals surface area contributed by atoms with E-state index in [9.17, 15) is 0 Å². The average Bonchev–Trinajstić information content (AvgIpc) is 2.76. The molecule has 0 aliphatic heterocycles. The van der Waals surface area contributed by atoms with Gasteiger partial charge in [0.2, 0.25) is 0 Å². The molecule has 1 saturated carbocycles. The van der Waals surface area contributed by atoms with Gasteiger partial charge in [-0.15, -0.1) is 0 Å². The highest BCUT2D eigenvalue weighted by Gasteiger charge is 2.57. The third-order valence-corrected chi connectivity index (χ3v) is 4.83. The van der Waals surface area contributed by atoms with Crippen LogP contribution in [0.4, 0.5) is 0 Å². The SMILES string of the molecule is Cc1nn(Cc2ccccc2)c(C)c1[C@@H]1[C@@H](N)C1(C)C. The van der Waals surface area contributed by atoms with Crippen molar-refractivity contribution < 1.29 is 0 Å². The first-order valence-corrected chi connectivity index (χ1v) is 7.26. The van der Waals surface area contributed by atoms with Gasteiger partial charge in [-0.1, -0.05) is 44.2 Å². The van der Waals surface area contributed by atoms with E-state index in [1.807, 2.05) is 6.07 Å². The van der Waals surface area contributed by atoms with Crippen molar-refractivity contribution in [1.29, 1.82) is 0 Å². The molecule has 0 spiro atoms. The maximum Gasteiger partial charge on any atom is 0.0662 e. The van der Waals surface area contributed by atoms with Crippen LogP contribution in [0.5, 0.6) is 0 Å². The van der Waals surface area contributed by atoms with Crippen LogP contribution in [0.15, 0.2) is 30.3 Å². The molecule has 1 aromatic carbocycles. The Labute approximate surface area is 120 Å². The predicted octanol–water partition coefficient (Wildman–Crippen LogP) is 3.00. The lowest BCUT2D eigenvalue weighted by atomic mass is 10.0. The maximum atomic E-state index is 6.24. The van der Waals surface area contributed by atoms with Gasteiger partial charge in [0.25, 0.3) is 0 Å². The van der Waals surface area contributed by atoms with E-state index in [-0.39, 0.29) is 11.5 Å². The van der Waals surface area contributed by atoms with Gasteiger partial charge in [0.15, 0.2) is 0 Å². The summed E-state index contributed by atoms with van der Waals surface area (Å²) in [5.41, 5.74) is 11.5. The zero-order chi connectivity index (χ0) is 14.5. The van der Waals surface area contributed by atoms with E-state index in [0.717, 1.165) is 12.2 Å². The Bertz CT molecular complexity index is 625. The molecule has 2 N–H and O–H groups in total. The number of aryl methyl sites for hydroxylation is 1. The molecule has 1 aliphatic rings. The summed E-state index contributed by atoms with van der Waals surface area (Å²) in [6, 6.07) is 10.7. The Morgan fingerprint density at radius 1 is 1.20 bits per heavy atom. The summed E-state index contributed by atoms with van der Waals surface area (Å²) in [4.78, 5) is 0. The van der Waals surface area contributed by atoms with Crippen LogP contribution < -0.4 is 5.73 Å². The number of rotatable bonds is 3. The highest BCUT2D eigenvalue weighted by molar-refractivity contribution is 5.40. The Kier molecular flexibility index (Phi) is 2.98. The van der Waals surface area contributed by atoms with Crippen molar-refractivity contribution in [3.05, 3.63) is 52.8 Å². The minimum Gasteiger partial charge on any atom is -0.327 e. The first-order chi connectivity index (χ1) is 9.43. The van der Waals surface area contributed by atoms with Gasteiger partial charge in [-0.2, -0.15) is 5.10 Å². The fourth-order valence-corrected chi connectivity index (χ4v) is 3.30. The van der Waals surface area contributed by atoms with Crippen LogP contribution in [0.3, 0.4) is 0 Å². The fourth-order valence-electron chi connectivity index (χ4n) is 3.30. The van der Waals surface area contributed by atoms with E-state index in [4.69, 9.17) is 10.8 Å². The summed E-state index contributed by atoms with van der Waals surface area (Å²) in [7, 11) is 0. The molecule has 0 amide bonds. The van der Waals surface area contributed by atoms with E-state index < -0.39 is 0 Å². The first kappa shape index (κ1) is 13.4. The van der Waals surface area contributed by atoms with Crippen molar-refractivity contribution in [2.45, 2.75) is 46.2 Å². The monoisotopic (exact) mass is 269 g/mol. The highest BCUT2D eigenvalue weighted by Crippen LogP contribution is 2.58. The summed E-state index contributed by atoms with van der Waals surface area (Å²) in [5.74, 6) is 0.451. The van der Waals surface area contributed by atoms with Crippen LogP contribution in [0.2, 0.25) is 0 Å². The molecule has 3 rings (SSSR count). The molecular formula is C17H23N3. The van der Waals surface area contributed by atoms with Gasteiger partial charge in [0, 0.05) is 23.2 Å². The molecule has 1 aliphatic carbocycles. The molecule has 2 atom stereocenters. The van der Waals surface area contributed by atoms with Crippen molar-refractivity contribution in [2.24, 2.45) is 11.1 Å². The Morgan fingerprint density at radius 3 is 2.35 bits per heavy atom. The first-order valence-electron chi connectivity index (χ1n) is 7.26. The molecule has 106 valence electrons. The molecule has 1 heterocycles. The minimum atomic E-state index is 0.204. The normalized spacial score (nSPS) is 23.9. The van der Waals surface area contributed by atoms with Crippen molar-refractivity contribution in [3.8, 4) is 0 Å². The second-order valence-corrected chi connectivity index (χ2v) is 6.55. The second kappa shape index (κ2) is 4.45. The molecule has 0 radical (unpaired) electrons. The molecule has 3 nitrogen and oxygen atoms in total. The van der Waals surface area contributed by atoms with Crippen LogP contribution in [-0.4, -0.2) is 15.8 Å². The van der Waals surface area contributed by atoms with E-state index in [2.05, 4.69) is 56.6 Å². The molecule has 1 fully saturated rings. The zero-order valence-electron chi connectivity index (χ0n) is 12.7. The van der Waals surface area contributed by atoms with Crippen molar-refractivity contribution in [1.82, 2.24) is 9.78 Å².